The Balaban J connectivity index is 1.82. The van der Waals surface area contributed by atoms with Crippen molar-refractivity contribution in [2.75, 3.05) is 0 Å². The summed E-state index contributed by atoms with van der Waals surface area (Å²) in [6.07, 6.45) is 2.53. The Bertz CT molecular complexity index is 476. The summed E-state index contributed by atoms with van der Waals surface area (Å²) in [6.45, 7) is 2.11. The van der Waals surface area contributed by atoms with E-state index in [1.165, 1.54) is 11.1 Å². The molecular formula is C17H20O. The van der Waals surface area contributed by atoms with Crippen molar-refractivity contribution < 1.29 is 5.11 Å². The lowest BCUT2D eigenvalue weighted by molar-refractivity contribution is 0.164. The van der Waals surface area contributed by atoms with Crippen LogP contribution >= 0.6 is 0 Å². The monoisotopic (exact) mass is 240 g/mol. The van der Waals surface area contributed by atoms with E-state index in [1.54, 1.807) is 0 Å². The minimum absolute atomic E-state index is 0.337. The second kappa shape index (κ2) is 6.36. The molecule has 2 aromatic carbocycles. The van der Waals surface area contributed by atoms with Crippen molar-refractivity contribution in [2.24, 2.45) is 0 Å². The lowest BCUT2D eigenvalue weighted by Gasteiger charge is -2.10. The van der Waals surface area contributed by atoms with Crippen LogP contribution in [-0.2, 0) is 6.42 Å². The first-order valence-electron chi connectivity index (χ1n) is 6.54. The highest BCUT2D eigenvalue weighted by Gasteiger charge is 2.06. The van der Waals surface area contributed by atoms with Crippen LogP contribution in [0.1, 0.15) is 35.6 Å². The smallest absolute Gasteiger partial charge is 0.0790 e. The Morgan fingerprint density at radius 2 is 1.78 bits per heavy atom. The average molecular weight is 240 g/mol. The molecule has 0 heterocycles. The Kier molecular flexibility index (Phi) is 4.54. The number of aryl methyl sites for hydroxylation is 2. The van der Waals surface area contributed by atoms with E-state index < -0.39 is 0 Å². The molecule has 0 aliphatic rings. The third-order valence-corrected chi connectivity index (χ3v) is 3.21. The summed E-state index contributed by atoms with van der Waals surface area (Å²) in [7, 11) is 0. The van der Waals surface area contributed by atoms with Gasteiger partial charge in [-0.25, -0.2) is 0 Å². The molecule has 0 aromatic heterocycles. The normalized spacial score (nSPS) is 12.3. The molecule has 0 amide bonds. The van der Waals surface area contributed by atoms with Crippen LogP contribution in [0.5, 0.6) is 0 Å². The summed E-state index contributed by atoms with van der Waals surface area (Å²) in [6, 6.07) is 18.5. The maximum Gasteiger partial charge on any atom is 0.0790 e. The van der Waals surface area contributed by atoms with Crippen LogP contribution in [-0.4, -0.2) is 5.11 Å². The first-order valence-corrected chi connectivity index (χ1v) is 6.54. The van der Waals surface area contributed by atoms with Crippen LogP contribution in [0.15, 0.2) is 54.6 Å². The summed E-state index contributed by atoms with van der Waals surface area (Å²) in [5.41, 5.74) is 3.67. The molecule has 2 aromatic rings. The molecule has 0 saturated carbocycles. The molecule has 94 valence electrons. The van der Waals surface area contributed by atoms with Crippen molar-refractivity contribution in [3.8, 4) is 0 Å². The van der Waals surface area contributed by atoms with Crippen LogP contribution in [0.2, 0.25) is 0 Å². The minimum atomic E-state index is -0.337. The first kappa shape index (κ1) is 12.8. The van der Waals surface area contributed by atoms with Crippen LogP contribution in [0, 0.1) is 6.92 Å². The molecular weight excluding hydrogens is 220 g/mol. The molecule has 1 atom stereocenters. The van der Waals surface area contributed by atoms with Crippen molar-refractivity contribution in [1.29, 1.82) is 0 Å². The maximum atomic E-state index is 10.1. The molecule has 0 saturated heterocycles. The van der Waals surface area contributed by atoms with Crippen molar-refractivity contribution in [3.05, 3.63) is 71.3 Å². The number of rotatable bonds is 5. The number of aliphatic hydroxyl groups is 1. The zero-order chi connectivity index (χ0) is 12.8. The highest BCUT2D eigenvalue weighted by Crippen LogP contribution is 2.19. The predicted molar refractivity (Wildman–Crippen MR) is 75.5 cm³/mol. The summed E-state index contributed by atoms with van der Waals surface area (Å²) < 4.78 is 0. The Labute approximate surface area is 109 Å². The predicted octanol–water partition coefficient (Wildman–Crippen LogP) is 4.05. The summed E-state index contributed by atoms with van der Waals surface area (Å²) >= 11 is 0. The fraction of sp³-hybridized carbons (Fsp3) is 0.294. The zero-order valence-corrected chi connectivity index (χ0v) is 10.8. The molecule has 1 nitrogen and oxygen atoms in total. The van der Waals surface area contributed by atoms with E-state index in [2.05, 4.69) is 31.2 Å². The SMILES string of the molecule is Cc1cccc(CCCC(O)c2ccccc2)c1. The van der Waals surface area contributed by atoms with Gasteiger partial charge in [-0.15, -0.1) is 0 Å². The third-order valence-electron chi connectivity index (χ3n) is 3.21. The quantitative estimate of drug-likeness (QED) is 0.836. The van der Waals surface area contributed by atoms with Crippen molar-refractivity contribution in [2.45, 2.75) is 32.3 Å². The fourth-order valence-corrected chi connectivity index (χ4v) is 2.21. The van der Waals surface area contributed by atoms with Gasteiger partial charge in [0.2, 0.25) is 0 Å². The van der Waals surface area contributed by atoms with Gasteiger partial charge in [0.05, 0.1) is 6.10 Å². The standard InChI is InChI=1S/C17H20O/c1-14-7-5-8-15(13-14)9-6-12-17(18)16-10-3-2-4-11-16/h2-5,7-8,10-11,13,17-18H,6,9,12H2,1H3. The second-order valence-electron chi connectivity index (χ2n) is 4.81. The molecule has 0 spiro atoms. The third kappa shape index (κ3) is 3.71. The average Bonchev–Trinajstić information content (AvgIpc) is 2.40. The topological polar surface area (TPSA) is 20.2 Å². The lowest BCUT2D eigenvalue weighted by atomic mass is 10.0. The van der Waals surface area contributed by atoms with E-state index in [0.29, 0.717) is 0 Å². The van der Waals surface area contributed by atoms with Crippen LogP contribution in [0.4, 0.5) is 0 Å². The Morgan fingerprint density at radius 1 is 1.00 bits per heavy atom. The number of aliphatic hydroxyl groups excluding tert-OH is 1. The van der Waals surface area contributed by atoms with Gasteiger partial charge in [0, 0.05) is 0 Å². The van der Waals surface area contributed by atoms with Gasteiger partial charge in [0.1, 0.15) is 0 Å². The summed E-state index contributed by atoms with van der Waals surface area (Å²) in [5, 5.41) is 10.1. The number of benzene rings is 2. The van der Waals surface area contributed by atoms with E-state index >= 15 is 0 Å². The molecule has 0 fully saturated rings. The number of hydrogen-bond donors (Lipinski definition) is 1. The van der Waals surface area contributed by atoms with E-state index in [-0.39, 0.29) is 6.10 Å². The molecule has 1 heteroatoms. The summed E-state index contributed by atoms with van der Waals surface area (Å²) in [4.78, 5) is 0. The van der Waals surface area contributed by atoms with Gasteiger partial charge in [-0.1, -0.05) is 60.2 Å². The summed E-state index contributed by atoms with van der Waals surface area (Å²) in [5.74, 6) is 0. The highest BCUT2D eigenvalue weighted by molar-refractivity contribution is 5.22. The van der Waals surface area contributed by atoms with Crippen molar-refractivity contribution in [1.82, 2.24) is 0 Å². The molecule has 0 radical (unpaired) electrons. The van der Waals surface area contributed by atoms with E-state index in [9.17, 15) is 5.11 Å². The Morgan fingerprint density at radius 3 is 2.50 bits per heavy atom. The van der Waals surface area contributed by atoms with Gasteiger partial charge < -0.3 is 5.11 Å². The van der Waals surface area contributed by atoms with Gasteiger partial charge in [0.15, 0.2) is 0 Å². The van der Waals surface area contributed by atoms with E-state index in [1.807, 2.05) is 30.3 Å². The van der Waals surface area contributed by atoms with Crippen molar-refractivity contribution in [3.63, 3.8) is 0 Å². The molecule has 1 unspecified atom stereocenters. The molecule has 0 bridgehead atoms. The van der Waals surface area contributed by atoms with Crippen molar-refractivity contribution >= 4 is 0 Å². The number of hydrogen-bond acceptors (Lipinski definition) is 1. The molecule has 2 rings (SSSR count). The highest BCUT2D eigenvalue weighted by atomic mass is 16.3. The van der Waals surface area contributed by atoms with Gasteiger partial charge in [-0.05, 0) is 37.3 Å². The first-order chi connectivity index (χ1) is 8.75. The zero-order valence-electron chi connectivity index (χ0n) is 10.8. The molecule has 18 heavy (non-hydrogen) atoms. The maximum absolute atomic E-state index is 10.1. The van der Waals surface area contributed by atoms with Crippen LogP contribution in [0.3, 0.4) is 0 Å². The van der Waals surface area contributed by atoms with Gasteiger partial charge >= 0.3 is 0 Å². The largest absolute Gasteiger partial charge is 0.388 e. The van der Waals surface area contributed by atoms with Crippen LogP contribution < -0.4 is 0 Å². The Hall–Kier alpha value is -1.60. The van der Waals surface area contributed by atoms with Gasteiger partial charge in [0.25, 0.3) is 0 Å². The second-order valence-corrected chi connectivity index (χ2v) is 4.81. The molecule has 0 aliphatic heterocycles. The van der Waals surface area contributed by atoms with Crippen LogP contribution in [0.25, 0.3) is 0 Å². The van der Waals surface area contributed by atoms with E-state index in [4.69, 9.17) is 0 Å². The fourth-order valence-electron chi connectivity index (χ4n) is 2.21. The van der Waals surface area contributed by atoms with Gasteiger partial charge in [-0.3, -0.25) is 0 Å². The van der Waals surface area contributed by atoms with E-state index in [0.717, 1.165) is 24.8 Å². The molecule has 0 aliphatic carbocycles. The lowest BCUT2D eigenvalue weighted by Crippen LogP contribution is -1.98. The minimum Gasteiger partial charge on any atom is -0.388 e. The van der Waals surface area contributed by atoms with Gasteiger partial charge in [-0.2, -0.15) is 0 Å². The molecule has 1 N–H and O–H groups in total.